The van der Waals surface area contributed by atoms with Gasteiger partial charge in [0.25, 0.3) is 0 Å². The van der Waals surface area contributed by atoms with Gasteiger partial charge in [0.05, 0.1) is 17.3 Å². The second-order valence-corrected chi connectivity index (χ2v) is 9.95. The Kier molecular flexibility index (Phi) is 5.39. The topological polar surface area (TPSA) is 65.5 Å². The van der Waals surface area contributed by atoms with Gasteiger partial charge in [-0.1, -0.05) is 19.1 Å². The Labute approximate surface area is 190 Å². The molecule has 3 fully saturated rings. The minimum atomic E-state index is -0.0685. The van der Waals surface area contributed by atoms with E-state index in [2.05, 4.69) is 45.2 Å². The first-order chi connectivity index (χ1) is 15.4. The molecule has 1 saturated carbocycles. The van der Waals surface area contributed by atoms with Gasteiger partial charge in [0.2, 0.25) is 11.8 Å². The Bertz CT molecular complexity index is 1000. The number of rotatable bonds is 5. The number of hydrogen-bond donors (Lipinski definition) is 1. The number of carbonyl (C=O) groups excluding carboxylic acids is 2. The molecular formula is C26H32N4O2. The fourth-order valence-corrected chi connectivity index (χ4v) is 4.93. The largest absolute Gasteiger partial charge is 0.368 e. The Morgan fingerprint density at radius 1 is 1.06 bits per heavy atom. The Morgan fingerprint density at radius 2 is 1.75 bits per heavy atom. The molecule has 3 aliphatic rings. The average Bonchev–Trinajstić information content (AvgIpc) is 3.53. The third kappa shape index (κ3) is 4.10. The minimum absolute atomic E-state index is 0.00414. The van der Waals surface area contributed by atoms with Gasteiger partial charge in [-0.05, 0) is 68.4 Å². The highest BCUT2D eigenvalue weighted by Gasteiger charge is 2.47. The Balaban J connectivity index is 1.10. The number of nitrogens with zero attached hydrogens (tertiary/aromatic N) is 3. The van der Waals surface area contributed by atoms with E-state index in [9.17, 15) is 9.59 Å². The standard InChI is InChI=1S/C26H32N4O2/c1-18-23(4-3-13-27-18)30-16-21(17-30)24(31)28-22-7-5-19(6-8-22)20-9-14-29(15-10-20)25(32)26(2)11-12-26/h3-8,13,20-21H,9-12,14-17H2,1-2H3,(H,28,31). The highest BCUT2D eigenvalue weighted by atomic mass is 16.2. The van der Waals surface area contributed by atoms with Gasteiger partial charge in [0.1, 0.15) is 0 Å². The number of anilines is 2. The lowest BCUT2D eigenvalue weighted by atomic mass is 9.88. The van der Waals surface area contributed by atoms with E-state index >= 15 is 0 Å². The van der Waals surface area contributed by atoms with E-state index in [1.807, 2.05) is 25.1 Å². The molecule has 0 unspecified atom stereocenters. The van der Waals surface area contributed by atoms with E-state index in [1.54, 1.807) is 6.20 Å². The maximum Gasteiger partial charge on any atom is 0.231 e. The minimum Gasteiger partial charge on any atom is -0.368 e. The normalized spacial score (nSPS) is 20.6. The number of piperidine rings is 1. The van der Waals surface area contributed by atoms with Crippen LogP contribution in [0, 0.1) is 18.3 Å². The number of pyridine rings is 1. The molecule has 2 aliphatic heterocycles. The lowest BCUT2D eigenvalue weighted by Crippen LogP contribution is -2.52. The van der Waals surface area contributed by atoms with E-state index < -0.39 is 0 Å². The van der Waals surface area contributed by atoms with Crippen molar-refractivity contribution < 1.29 is 9.59 Å². The van der Waals surface area contributed by atoms with Gasteiger partial charge in [-0.15, -0.1) is 0 Å². The maximum atomic E-state index is 12.6. The number of nitrogens with one attached hydrogen (secondary N) is 1. The third-order valence-corrected chi connectivity index (χ3v) is 7.52. The van der Waals surface area contributed by atoms with Crippen molar-refractivity contribution in [2.45, 2.75) is 45.4 Å². The number of carbonyl (C=O) groups is 2. The van der Waals surface area contributed by atoms with Gasteiger partial charge in [0.15, 0.2) is 0 Å². The second-order valence-electron chi connectivity index (χ2n) is 9.95. The van der Waals surface area contributed by atoms with E-state index in [4.69, 9.17) is 0 Å². The maximum absolute atomic E-state index is 12.6. The molecule has 1 aliphatic carbocycles. The molecule has 2 saturated heterocycles. The van der Waals surface area contributed by atoms with Crippen molar-refractivity contribution in [3.8, 4) is 0 Å². The van der Waals surface area contributed by atoms with Gasteiger partial charge < -0.3 is 15.1 Å². The molecule has 5 rings (SSSR count). The molecule has 1 N–H and O–H groups in total. The van der Waals surface area contributed by atoms with E-state index in [0.717, 1.165) is 68.9 Å². The van der Waals surface area contributed by atoms with Crippen molar-refractivity contribution >= 4 is 23.2 Å². The zero-order valence-electron chi connectivity index (χ0n) is 19.0. The van der Waals surface area contributed by atoms with Crippen LogP contribution in [-0.4, -0.2) is 47.9 Å². The van der Waals surface area contributed by atoms with Crippen molar-refractivity contribution in [1.29, 1.82) is 0 Å². The predicted molar refractivity (Wildman–Crippen MR) is 126 cm³/mol. The number of amides is 2. The average molecular weight is 433 g/mol. The zero-order valence-corrected chi connectivity index (χ0v) is 19.0. The first-order valence-corrected chi connectivity index (χ1v) is 11.8. The molecule has 0 radical (unpaired) electrons. The summed E-state index contributed by atoms with van der Waals surface area (Å²) in [5, 5.41) is 3.07. The van der Waals surface area contributed by atoms with Crippen LogP contribution in [0.15, 0.2) is 42.6 Å². The van der Waals surface area contributed by atoms with Gasteiger partial charge in [0, 0.05) is 43.5 Å². The van der Waals surface area contributed by atoms with Crippen LogP contribution in [0.2, 0.25) is 0 Å². The highest BCUT2D eigenvalue weighted by Crippen LogP contribution is 2.47. The summed E-state index contributed by atoms with van der Waals surface area (Å²) in [6, 6.07) is 12.3. The molecule has 2 aromatic rings. The summed E-state index contributed by atoms with van der Waals surface area (Å²) in [5.74, 6) is 0.918. The van der Waals surface area contributed by atoms with Crippen molar-refractivity contribution in [2.75, 3.05) is 36.4 Å². The Hall–Kier alpha value is -2.89. The molecule has 6 heteroatoms. The van der Waals surface area contributed by atoms with Gasteiger partial charge in [-0.3, -0.25) is 14.6 Å². The molecule has 1 aromatic heterocycles. The van der Waals surface area contributed by atoms with Crippen molar-refractivity contribution in [2.24, 2.45) is 11.3 Å². The Morgan fingerprint density at radius 3 is 2.38 bits per heavy atom. The summed E-state index contributed by atoms with van der Waals surface area (Å²) < 4.78 is 0. The highest BCUT2D eigenvalue weighted by molar-refractivity contribution is 5.94. The number of aryl methyl sites for hydroxylation is 1. The van der Waals surface area contributed by atoms with Gasteiger partial charge in [-0.2, -0.15) is 0 Å². The molecule has 0 bridgehead atoms. The molecule has 3 heterocycles. The SMILES string of the molecule is Cc1ncccc1N1CC(C(=O)Nc2ccc(C3CCN(C(=O)C4(C)CC4)CC3)cc2)C1. The quantitative estimate of drug-likeness (QED) is 0.776. The molecular weight excluding hydrogens is 400 g/mol. The molecule has 2 amide bonds. The summed E-state index contributed by atoms with van der Waals surface area (Å²) in [7, 11) is 0. The van der Waals surface area contributed by atoms with Crippen LogP contribution >= 0.6 is 0 Å². The van der Waals surface area contributed by atoms with Gasteiger partial charge in [-0.25, -0.2) is 0 Å². The second kappa shape index (κ2) is 8.23. The van der Waals surface area contributed by atoms with E-state index in [-0.39, 0.29) is 17.2 Å². The van der Waals surface area contributed by atoms with Crippen LogP contribution in [0.1, 0.15) is 49.8 Å². The van der Waals surface area contributed by atoms with Crippen molar-refractivity contribution in [1.82, 2.24) is 9.88 Å². The number of benzene rings is 1. The summed E-state index contributed by atoms with van der Waals surface area (Å²) in [6.45, 7) is 7.26. The summed E-state index contributed by atoms with van der Waals surface area (Å²) in [4.78, 5) is 33.8. The molecule has 1 aromatic carbocycles. The molecule has 6 nitrogen and oxygen atoms in total. The van der Waals surface area contributed by atoms with Crippen molar-refractivity contribution in [3.05, 3.63) is 53.9 Å². The first-order valence-electron chi connectivity index (χ1n) is 11.8. The van der Waals surface area contributed by atoms with Crippen LogP contribution in [0.5, 0.6) is 0 Å². The summed E-state index contributed by atoms with van der Waals surface area (Å²) >= 11 is 0. The predicted octanol–water partition coefficient (Wildman–Crippen LogP) is 3.97. The van der Waals surface area contributed by atoms with Crippen LogP contribution in [-0.2, 0) is 9.59 Å². The molecule has 168 valence electrons. The van der Waals surface area contributed by atoms with E-state index in [0.29, 0.717) is 11.8 Å². The van der Waals surface area contributed by atoms with Crippen molar-refractivity contribution in [3.63, 3.8) is 0 Å². The molecule has 32 heavy (non-hydrogen) atoms. The smallest absolute Gasteiger partial charge is 0.231 e. The number of likely N-dealkylation sites (tertiary alicyclic amines) is 1. The number of hydrogen-bond acceptors (Lipinski definition) is 4. The lowest BCUT2D eigenvalue weighted by molar-refractivity contribution is -0.137. The summed E-state index contributed by atoms with van der Waals surface area (Å²) in [5.41, 5.74) is 4.19. The lowest BCUT2D eigenvalue weighted by Gasteiger charge is -2.40. The molecule has 0 atom stereocenters. The first kappa shape index (κ1) is 21.0. The molecule has 0 spiro atoms. The third-order valence-electron chi connectivity index (χ3n) is 7.52. The van der Waals surface area contributed by atoms with Crippen LogP contribution in [0.3, 0.4) is 0 Å². The van der Waals surface area contributed by atoms with E-state index in [1.165, 1.54) is 5.56 Å². The van der Waals surface area contributed by atoms with Crippen LogP contribution in [0.25, 0.3) is 0 Å². The number of aromatic nitrogens is 1. The monoisotopic (exact) mass is 432 g/mol. The zero-order chi connectivity index (χ0) is 22.3. The van der Waals surface area contributed by atoms with Crippen LogP contribution < -0.4 is 10.2 Å². The fourth-order valence-electron chi connectivity index (χ4n) is 4.93. The van der Waals surface area contributed by atoms with Gasteiger partial charge >= 0.3 is 0 Å². The fraction of sp³-hybridized carbons (Fsp3) is 0.500. The van der Waals surface area contributed by atoms with Crippen LogP contribution in [0.4, 0.5) is 11.4 Å². The summed E-state index contributed by atoms with van der Waals surface area (Å²) in [6.07, 6.45) is 5.91.